The molecule has 0 amide bonds. The molecule has 0 bridgehead atoms. The molecule has 3 aromatic heterocycles. The van der Waals surface area contributed by atoms with Crippen molar-refractivity contribution < 1.29 is 0 Å². The molecule has 0 radical (unpaired) electrons. The topological polar surface area (TPSA) is 112 Å². The van der Waals surface area contributed by atoms with Crippen LogP contribution >= 0.6 is 0 Å². The summed E-state index contributed by atoms with van der Waals surface area (Å²) in [5.74, 6) is 1.03. The fraction of sp³-hybridized carbons (Fsp3) is 0.435. The molecule has 2 saturated carbocycles. The molecule has 0 aromatic carbocycles. The van der Waals surface area contributed by atoms with Gasteiger partial charge >= 0.3 is 0 Å². The van der Waals surface area contributed by atoms with Gasteiger partial charge in [-0.1, -0.05) is 0 Å². The van der Waals surface area contributed by atoms with Crippen LogP contribution in [0.2, 0.25) is 0 Å². The number of aromatic nitrogens is 4. The Morgan fingerprint density at radius 1 is 1.16 bits per heavy atom. The van der Waals surface area contributed by atoms with Gasteiger partial charge in [0, 0.05) is 43.8 Å². The number of nitrogens with one attached hydrogen (secondary N) is 2. The van der Waals surface area contributed by atoms with Crippen molar-refractivity contribution >= 4 is 28.5 Å². The summed E-state index contributed by atoms with van der Waals surface area (Å²) in [6, 6.07) is 7.67. The number of nitriles is 1. The van der Waals surface area contributed by atoms with Gasteiger partial charge in [-0.15, -0.1) is 0 Å². The number of anilines is 3. The van der Waals surface area contributed by atoms with E-state index in [1.54, 1.807) is 16.8 Å². The van der Waals surface area contributed by atoms with Crippen molar-refractivity contribution in [2.45, 2.75) is 31.7 Å². The second kappa shape index (κ2) is 7.28. The highest BCUT2D eigenvalue weighted by Crippen LogP contribution is 2.64. The fourth-order valence-corrected chi connectivity index (χ4v) is 4.99. The van der Waals surface area contributed by atoms with Crippen LogP contribution in [0, 0.1) is 16.7 Å². The van der Waals surface area contributed by atoms with Crippen molar-refractivity contribution in [1.82, 2.24) is 24.8 Å². The Labute approximate surface area is 185 Å². The molecule has 6 rings (SSSR count). The Hall–Kier alpha value is -3.51. The average Bonchev–Trinajstić information content (AvgIpc) is 3.61. The Morgan fingerprint density at radius 3 is 2.66 bits per heavy atom. The lowest BCUT2D eigenvalue weighted by Gasteiger charge is -2.37. The van der Waals surface area contributed by atoms with Gasteiger partial charge in [0.25, 0.3) is 5.56 Å². The lowest BCUT2D eigenvalue weighted by atomic mass is 9.76. The molecule has 0 atom stereocenters. The maximum absolute atomic E-state index is 13.0. The number of hydrogen-bond donors (Lipinski definition) is 2. The molecule has 1 spiro atoms. The molecule has 1 aliphatic heterocycles. The molecule has 162 valence electrons. The molecule has 0 unspecified atom stereocenters. The van der Waals surface area contributed by atoms with Crippen LogP contribution in [0.25, 0.3) is 11.0 Å². The first-order valence-corrected chi connectivity index (χ1v) is 11.2. The molecule has 3 fully saturated rings. The highest BCUT2D eigenvalue weighted by molar-refractivity contribution is 5.77. The normalized spacial score (nSPS) is 19.5. The minimum absolute atomic E-state index is 0.0972. The lowest BCUT2D eigenvalue weighted by molar-refractivity contribution is 0.174. The van der Waals surface area contributed by atoms with Crippen molar-refractivity contribution in [3.8, 4) is 6.07 Å². The third kappa shape index (κ3) is 3.28. The van der Waals surface area contributed by atoms with Crippen LogP contribution in [0.15, 0.2) is 35.4 Å². The van der Waals surface area contributed by atoms with Gasteiger partial charge in [-0.05, 0) is 49.3 Å². The zero-order chi connectivity index (χ0) is 21.7. The van der Waals surface area contributed by atoms with Gasteiger partial charge in [0.15, 0.2) is 0 Å². The highest BCUT2D eigenvalue weighted by Gasteiger charge is 2.54. The largest absolute Gasteiger partial charge is 0.368 e. The van der Waals surface area contributed by atoms with Crippen molar-refractivity contribution in [3.05, 3.63) is 46.5 Å². The number of hydrogen-bond acceptors (Lipinski definition) is 8. The second-order valence-corrected chi connectivity index (χ2v) is 9.14. The molecule has 3 aromatic rings. The van der Waals surface area contributed by atoms with E-state index in [0.29, 0.717) is 28.2 Å². The molecule has 1 saturated heterocycles. The molecule has 3 aliphatic rings. The molecule has 9 nitrogen and oxygen atoms in total. The number of piperazine rings is 1. The van der Waals surface area contributed by atoms with E-state index in [2.05, 4.69) is 30.5 Å². The Balaban J connectivity index is 1.30. The van der Waals surface area contributed by atoms with E-state index in [4.69, 9.17) is 0 Å². The van der Waals surface area contributed by atoms with Crippen LogP contribution in [0.5, 0.6) is 0 Å². The first kappa shape index (κ1) is 19.2. The summed E-state index contributed by atoms with van der Waals surface area (Å²) in [6.07, 6.45) is 7.98. The van der Waals surface area contributed by atoms with E-state index < -0.39 is 0 Å². The van der Waals surface area contributed by atoms with E-state index in [0.717, 1.165) is 44.7 Å². The Bertz CT molecular complexity index is 1270. The predicted octanol–water partition coefficient (Wildman–Crippen LogP) is 2.33. The van der Waals surface area contributed by atoms with Crippen LogP contribution in [0.1, 0.15) is 37.3 Å². The number of nitrogens with zero attached hydrogens (tertiary/aromatic N) is 6. The third-order valence-electron chi connectivity index (χ3n) is 7.02. The van der Waals surface area contributed by atoms with Crippen LogP contribution in [-0.4, -0.2) is 45.7 Å². The van der Waals surface area contributed by atoms with Crippen LogP contribution in [-0.2, 0) is 0 Å². The summed E-state index contributed by atoms with van der Waals surface area (Å²) < 4.78 is 1.71. The fourth-order valence-electron chi connectivity index (χ4n) is 4.99. The van der Waals surface area contributed by atoms with Crippen LogP contribution in [0.3, 0.4) is 0 Å². The summed E-state index contributed by atoms with van der Waals surface area (Å²) in [6.45, 7) is 3.88. The number of pyridine rings is 2. The van der Waals surface area contributed by atoms with Gasteiger partial charge in [-0.3, -0.25) is 9.36 Å². The highest BCUT2D eigenvalue weighted by atomic mass is 16.1. The summed E-state index contributed by atoms with van der Waals surface area (Å²) in [5, 5.41) is 16.6. The van der Waals surface area contributed by atoms with Crippen molar-refractivity contribution in [3.63, 3.8) is 0 Å². The monoisotopic (exact) mass is 428 g/mol. The summed E-state index contributed by atoms with van der Waals surface area (Å²) in [5.41, 5.74) is 1.98. The second-order valence-electron chi connectivity index (χ2n) is 9.14. The van der Waals surface area contributed by atoms with Crippen LogP contribution < -0.4 is 21.1 Å². The Morgan fingerprint density at radius 2 is 1.97 bits per heavy atom. The van der Waals surface area contributed by atoms with Gasteiger partial charge in [-0.2, -0.15) is 10.2 Å². The van der Waals surface area contributed by atoms with E-state index >= 15 is 0 Å². The average molecular weight is 429 g/mol. The summed E-state index contributed by atoms with van der Waals surface area (Å²) >= 11 is 0. The standard InChI is InChI=1S/C23H24N8O/c24-12-15-9-16-13-27-22(28-19-2-1-17(14-26-19)30-7-5-25-6-8-30)29-20(16)31(21(15)32)18-10-23(11-18)3-4-23/h1-2,9,13-14,18,25H,3-8,10-11H2,(H,26,27,28,29). The molecule has 9 heteroatoms. The lowest BCUT2D eigenvalue weighted by Crippen LogP contribution is -2.43. The molecule has 2 N–H and O–H groups in total. The molecular formula is C23H24N8O. The van der Waals surface area contributed by atoms with Gasteiger partial charge < -0.3 is 15.5 Å². The first-order chi connectivity index (χ1) is 15.6. The molecule has 2 aliphatic carbocycles. The predicted molar refractivity (Wildman–Crippen MR) is 121 cm³/mol. The minimum Gasteiger partial charge on any atom is -0.368 e. The van der Waals surface area contributed by atoms with E-state index in [-0.39, 0.29) is 17.2 Å². The quantitative estimate of drug-likeness (QED) is 0.651. The molecule has 32 heavy (non-hydrogen) atoms. The minimum atomic E-state index is -0.261. The maximum Gasteiger partial charge on any atom is 0.270 e. The van der Waals surface area contributed by atoms with E-state index in [1.807, 2.05) is 24.4 Å². The smallest absolute Gasteiger partial charge is 0.270 e. The maximum atomic E-state index is 13.0. The van der Waals surface area contributed by atoms with Crippen molar-refractivity contribution in [1.29, 1.82) is 5.26 Å². The molecular weight excluding hydrogens is 404 g/mol. The number of fused-ring (bicyclic) bond motifs is 1. The third-order valence-corrected chi connectivity index (χ3v) is 7.02. The summed E-state index contributed by atoms with van der Waals surface area (Å²) in [7, 11) is 0. The molecule has 4 heterocycles. The van der Waals surface area contributed by atoms with Gasteiger partial charge in [0.05, 0.1) is 11.9 Å². The zero-order valence-corrected chi connectivity index (χ0v) is 17.7. The van der Waals surface area contributed by atoms with Gasteiger partial charge in [-0.25, -0.2) is 9.97 Å². The Kier molecular flexibility index (Phi) is 4.36. The van der Waals surface area contributed by atoms with E-state index in [1.165, 1.54) is 12.8 Å². The van der Waals surface area contributed by atoms with Crippen molar-refractivity contribution in [2.75, 3.05) is 36.4 Å². The van der Waals surface area contributed by atoms with Gasteiger partial charge in [0.2, 0.25) is 5.95 Å². The summed E-state index contributed by atoms with van der Waals surface area (Å²) in [4.78, 5) is 28.9. The van der Waals surface area contributed by atoms with Gasteiger partial charge in [0.1, 0.15) is 23.1 Å². The van der Waals surface area contributed by atoms with Crippen LogP contribution in [0.4, 0.5) is 17.5 Å². The SMILES string of the molecule is N#Cc1cc2cnc(Nc3ccc(N4CCNCC4)cn3)nc2n(C2CC3(CC3)C2)c1=O. The first-order valence-electron chi connectivity index (χ1n) is 11.2. The van der Waals surface area contributed by atoms with Crippen molar-refractivity contribution in [2.24, 2.45) is 5.41 Å². The zero-order valence-electron chi connectivity index (χ0n) is 17.7. The number of rotatable bonds is 4. The van der Waals surface area contributed by atoms with E-state index in [9.17, 15) is 10.1 Å².